The maximum atomic E-state index is 8.98. The molecule has 0 aromatic carbocycles. The van der Waals surface area contributed by atoms with Gasteiger partial charge in [-0.2, -0.15) is 0 Å². The van der Waals surface area contributed by atoms with Crippen LogP contribution >= 0.6 is 0 Å². The van der Waals surface area contributed by atoms with Gasteiger partial charge in [-0.05, 0) is 6.92 Å². The van der Waals surface area contributed by atoms with E-state index in [4.69, 9.17) is 15.7 Å². The van der Waals surface area contributed by atoms with E-state index in [0.717, 1.165) is 0 Å². The Morgan fingerprint density at radius 2 is 2.50 bits per heavy atom. The van der Waals surface area contributed by atoms with Gasteiger partial charge in [-0.25, -0.2) is 5.84 Å². The van der Waals surface area contributed by atoms with E-state index in [0.29, 0.717) is 19.1 Å². The van der Waals surface area contributed by atoms with Crippen molar-refractivity contribution < 1.29 is 9.84 Å². The Morgan fingerprint density at radius 3 is 3.00 bits per heavy atom. The number of nitrogens with two attached hydrogens (primary N) is 1. The van der Waals surface area contributed by atoms with Gasteiger partial charge < -0.3 is 14.7 Å². The Bertz CT molecular complexity index is 210. The van der Waals surface area contributed by atoms with E-state index >= 15 is 0 Å². The predicted octanol–water partition coefficient (Wildman–Crippen LogP) is -1.48. The Morgan fingerprint density at radius 1 is 1.79 bits per heavy atom. The van der Waals surface area contributed by atoms with Gasteiger partial charge in [0, 0.05) is 13.6 Å². The molecule has 82 valence electrons. The highest BCUT2D eigenvalue weighted by Gasteiger charge is 2.27. The molecule has 0 saturated carbocycles. The molecule has 0 radical (unpaired) electrons. The highest BCUT2D eigenvalue weighted by atomic mass is 16.5. The molecule has 6 heteroatoms. The fourth-order valence-electron chi connectivity index (χ4n) is 1.50. The van der Waals surface area contributed by atoms with Crippen LogP contribution in [0.1, 0.15) is 6.92 Å². The van der Waals surface area contributed by atoms with Crippen LogP contribution in [0.4, 0.5) is 0 Å². The van der Waals surface area contributed by atoms with Crippen LogP contribution in [-0.4, -0.2) is 54.9 Å². The quantitative estimate of drug-likeness (QED) is 0.209. The van der Waals surface area contributed by atoms with Crippen molar-refractivity contribution >= 4 is 5.96 Å². The molecule has 1 saturated heterocycles. The third kappa shape index (κ3) is 2.34. The summed E-state index contributed by atoms with van der Waals surface area (Å²) < 4.78 is 5.39. The molecule has 14 heavy (non-hydrogen) atoms. The SMILES string of the molecule is CN=C(NN)N1CC(CO)OCC1C. The number of hydrazine groups is 1. The van der Waals surface area contributed by atoms with E-state index in [9.17, 15) is 0 Å². The lowest BCUT2D eigenvalue weighted by Crippen LogP contribution is -2.56. The monoisotopic (exact) mass is 202 g/mol. The van der Waals surface area contributed by atoms with Crippen molar-refractivity contribution in [3.05, 3.63) is 0 Å². The summed E-state index contributed by atoms with van der Waals surface area (Å²) >= 11 is 0. The topological polar surface area (TPSA) is 83.1 Å². The van der Waals surface area contributed by atoms with Crippen LogP contribution in [0.3, 0.4) is 0 Å². The molecule has 0 spiro atoms. The zero-order chi connectivity index (χ0) is 10.6. The van der Waals surface area contributed by atoms with E-state index in [1.54, 1.807) is 7.05 Å². The van der Waals surface area contributed by atoms with E-state index in [-0.39, 0.29) is 18.8 Å². The maximum Gasteiger partial charge on any atom is 0.208 e. The van der Waals surface area contributed by atoms with Crippen LogP contribution in [0.25, 0.3) is 0 Å². The second-order valence-electron chi connectivity index (χ2n) is 3.33. The summed E-state index contributed by atoms with van der Waals surface area (Å²) in [5, 5.41) is 8.98. The Hall–Kier alpha value is -0.850. The summed E-state index contributed by atoms with van der Waals surface area (Å²) in [4.78, 5) is 6.01. The lowest BCUT2D eigenvalue weighted by atomic mass is 10.2. The lowest BCUT2D eigenvalue weighted by molar-refractivity contribution is -0.0569. The summed E-state index contributed by atoms with van der Waals surface area (Å²) in [6, 6.07) is 0.215. The van der Waals surface area contributed by atoms with Gasteiger partial charge in [0.15, 0.2) is 0 Å². The van der Waals surface area contributed by atoms with E-state index in [1.165, 1.54) is 0 Å². The first-order valence-electron chi connectivity index (χ1n) is 4.65. The molecule has 1 heterocycles. The Kier molecular flexibility index (Phi) is 4.12. The van der Waals surface area contributed by atoms with Gasteiger partial charge >= 0.3 is 0 Å². The third-order valence-electron chi connectivity index (χ3n) is 2.32. The van der Waals surface area contributed by atoms with Gasteiger partial charge in [0.2, 0.25) is 5.96 Å². The zero-order valence-electron chi connectivity index (χ0n) is 8.60. The number of aliphatic hydroxyl groups excluding tert-OH is 1. The molecule has 4 N–H and O–H groups in total. The van der Waals surface area contributed by atoms with Crippen molar-refractivity contribution in [1.82, 2.24) is 10.3 Å². The summed E-state index contributed by atoms with van der Waals surface area (Å²) in [5.74, 6) is 5.96. The molecule has 1 rings (SSSR count). The summed E-state index contributed by atoms with van der Waals surface area (Å²) in [5.41, 5.74) is 2.54. The smallest absolute Gasteiger partial charge is 0.208 e. The van der Waals surface area contributed by atoms with Crippen molar-refractivity contribution in [3.63, 3.8) is 0 Å². The van der Waals surface area contributed by atoms with Crippen molar-refractivity contribution in [1.29, 1.82) is 0 Å². The first-order valence-corrected chi connectivity index (χ1v) is 4.65. The molecule has 0 aliphatic carbocycles. The third-order valence-corrected chi connectivity index (χ3v) is 2.32. The largest absolute Gasteiger partial charge is 0.394 e. The number of guanidine groups is 1. The fourth-order valence-corrected chi connectivity index (χ4v) is 1.50. The van der Waals surface area contributed by atoms with Crippen LogP contribution in [0.2, 0.25) is 0 Å². The first kappa shape index (κ1) is 11.2. The first-order chi connectivity index (χ1) is 6.72. The van der Waals surface area contributed by atoms with Gasteiger partial charge in [-0.3, -0.25) is 10.4 Å². The molecule has 0 bridgehead atoms. The lowest BCUT2D eigenvalue weighted by Gasteiger charge is -2.38. The molecule has 1 fully saturated rings. The van der Waals surface area contributed by atoms with Crippen LogP contribution in [0.5, 0.6) is 0 Å². The van der Waals surface area contributed by atoms with Crippen molar-refractivity contribution in [2.24, 2.45) is 10.8 Å². The molecular weight excluding hydrogens is 184 g/mol. The van der Waals surface area contributed by atoms with E-state index in [2.05, 4.69) is 10.4 Å². The summed E-state index contributed by atoms with van der Waals surface area (Å²) in [6.07, 6.45) is -0.156. The van der Waals surface area contributed by atoms with Crippen LogP contribution in [0, 0.1) is 0 Å². The van der Waals surface area contributed by atoms with E-state index in [1.807, 2.05) is 11.8 Å². The highest BCUT2D eigenvalue weighted by molar-refractivity contribution is 5.79. The number of hydrogen-bond donors (Lipinski definition) is 3. The Balaban J connectivity index is 2.64. The second kappa shape index (κ2) is 5.14. The highest BCUT2D eigenvalue weighted by Crippen LogP contribution is 2.11. The number of nitrogens with zero attached hydrogens (tertiary/aromatic N) is 2. The van der Waals surface area contributed by atoms with Crippen molar-refractivity contribution in [2.45, 2.75) is 19.1 Å². The molecule has 2 atom stereocenters. The number of rotatable bonds is 1. The number of nitrogens with one attached hydrogen (secondary N) is 1. The maximum absolute atomic E-state index is 8.98. The number of aliphatic imine (C=N–C) groups is 1. The second-order valence-corrected chi connectivity index (χ2v) is 3.33. The zero-order valence-corrected chi connectivity index (χ0v) is 8.60. The number of ether oxygens (including phenoxy) is 1. The number of aliphatic hydroxyl groups is 1. The normalized spacial score (nSPS) is 29.1. The molecule has 2 unspecified atom stereocenters. The summed E-state index contributed by atoms with van der Waals surface area (Å²) in [6.45, 7) is 3.22. The van der Waals surface area contributed by atoms with Gasteiger partial charge in [0.05, 0.1) is 25.4 Å². The van der Waals surface area contributed by atoms with Crippen LogP contribution < -0.4 is 11.3 Å². The fraction of sp³-hybridized carbons (Fsp3) is 0.875. The minimum absolute atomic E-state index is 0.0186. The molecule has 1 aliphatic rings. The molecular formula is C8H18N4O2. The molecule has 0 aromatic heterocycles. The molecule has 0 aromatic rings. The van der Waals surface area contributed by atoms with Crippen molar-refractivity contribution in [3.8, 4) is 0 Å². The molecule has 6 nitrogen and oxygen atoms in total. The summed E-state index contributed by atoms with van der Waals surface area (Å²) in [7, 11) is 1.67. The van der Waals surface area contributed by atoms with Gasteiger partial charge in [0.25, 0.3) is 0 Å². The average Bonchev–Trinajstić information content (AvgIpc) is 2.22. The predicted molar refractivity (Wildman–Crippen MR) is 53.7 cm³/mol. The minimum atomic E-state index is -0.156. The Labute approximate surface area is 83.7 Å². The number of morpholine rings is 1. The van der Waals surface area contributed by atoms with Crippen LogP contribution in [0.15, 0.2) is 4.99 Å². The molecule has 0 amide bonds. The average molecular weight is 202 g/mol. The van der Waals surface area contributed by atoms with Gasteiger partial charge in [-0.15, -0.1) is 0 Å². The standard InChI is InChI=1S/C8H18N4O2/c1-6-5-14-7(4-13)3-12(6)8(10-2)11-9/h6-7,13H,3-5,9H2,1-2H3,(H,10,11). The molecule has 1 aliphatic heterocycles. The number of hydrogen-bond acceptors (Lipinski definition) is 4. The van der Waals surface area contributed by atoms with Gasteiger partial charge in [-0.1, -0.05) is 0 Å². The minimum Gasteiger partial charge on any atom is -0.394 e. The van der Waals surface area contributed by atoms with Crippen LogP contribution in [-0.2, 0) is 4.74 Å². The van der Waals surface area contributed by atoms with Crippen molar-refractivity contribution in [2.75, 3.05) is 26.8 Å². The van der Waals surface area contributed by atoms with E-state index < -0.39 is 0 Å². The van der Waals surface area contributed by atoms with Gasteiger partial charge in [0.1, 0.15) is 0 Å².